The molecule has 208 valence electrons. The van der Waals surface area contributed by atoms with Crippen LogP contribution in [0.15, 0.2) is 36.5 Å². The van der Waals surface area contributed by atoms with Gasteiger partial charge >= 0.3 is 5.95 Å². The topological polar surface area (TPSA) is 143 Å². The van der Waals surface area contributed by atoms with Gasteiger partial charge in [0, 0.05) is 18.8 Å². The highest BCUT2D eigenvalue weighted by Gasteiger charge is 2.27. The van der Waals surface area contributed by atoms with Gasteiger partial charge in [0.15, 0.2) is 17.4 Å². The number of hydrogen-bond donors (Lipinski definition) is 4. The molecule has 2 aromatic carbocycles. The molecule has 6 N–H and O–H groups in total. The molecule has 0 bridgehead atoms. The summed E-state index contributed by atoms with van der Waals surface area (Å²) >= 11 is 0. The van der Waals surface area contributed by atoms with E-state index in [-0.39, 0.29) is 29.9 Å². The average Bonchev–Trinajstić information content (AvgIpc) is 3.38. The highest BCUT2D eigenvalue weighted by atomic mass is 19.2. The fourth-order valence-electron chi connectivity index (χ4n) is 4.79. The monoisotopic (exact) mass is 551 g/mol. The zero-order chi connectivity index (χ0) is 28.6. The molecule has 13 heteroatoms. The number of benzene rings is 2. The van der Waals surface area contributed by atoms with Crippen molar-refractivity contribution in [2.24, 2.45) is 5.73 Å². The third-order valence-corrected chi connectivity index (χ3v) is 6.59. The number of nitrogens with zero attached hydrogens (tertiary/aromatic N) is 3. The van der Waals surface area contributed by atoms with Crippen LogP contribution in [0.1, 0.15) is 22.3 Å². The number of aromatic nitrogens is 3. The number of carbonyl (C=O) groups is 2. The summed E-state index contributed by atoms with van der Waals surface area (Å²) in [5.74, 6) is -2.63. The Morgan fingerprint density at radius 1 is 1.20 bits per heavy atom. The second kappa shape index (κ2) is 10.8. The quantitative estimate of drug-likeness (QED) is 0.264. The summed E-state index contributed by atoms with van der Waals surface area (Å²) in [5, 5.41) is 6.71. The number of anilines is 5. The van der Waals surface area contributed by atoms with Crippen molar-refractivity contribution < 1.29 is 28.1 Å². The largest absolute Gasteiger partial charge is 0.493 e. The van der Waals surface area contributed by atoms with Crippen molar-refractivity contribution >= 4 is 51.7 Å². The van der Waals surface area contributed by atoms with Crippen molar-refractivity contribution in [2.75, 3.05) is 49.8 Å². The molecule has 2 aromatic heterocycles. The van der Waals surface area contributed by atoms with Crippen LogP contribution in [0.25, 0.3) is 11.0 Å². The van der Waals surface area contributed by atoms with Crippen molar-refractivity contribution in [3.05, 3.63) is 59.3 Å². The van der Waals surface area contributed by atoms with Crippen LogP contribution in [0.2, 0.25) is 0 Å². The van der Waals surface area contributed by atoms with Gasteiger partial charge in [-0.15, -0.1) is 0 Å². The lowest BCUT2D eigenvalue weighted by molar-refractivity contribution is -0.333. The lowest BCUT2D eigenvalue weighted by atomic mass is 10.00. The van der Waals surface area contributed by atoms with Crippen LogP contribution in [0.4, 0.5) is 37.6 Å². The zero-order valence-corrected chi connectivity index (χ0v) is 22.2. The minimum atomic E-state index is -1.35. The fourth-order valence-corrected chi connectivity index (χ4v) is 4.79. The van der Waals surface area contributed by atoms with E-state index in [9.17, 15) is 18.4 Å². The summed E-state index contributed by atoms with van der Waals surface area (Å²) < 4.78 is 33.9. The summed E-state index contributed by atoms with van der Waals surface area (Å²) in [6, 6.07) is 7.59. The van der Waals surface area contributed by atoms with Gasteiger partial charge in [0.05, 0.1) is 30.4 Å². The number of aryl methyl sites for hydroxylation is 1. The third kappa shape index (κ3) is 5.10. The van der Waals surface area contributed by atoms with Crippen molar-refractivity contribution in [2.45, 2.75) is 12.8 Å². The smallest absolute Gasteiger partial charge is 0.351 e. The Bertz CT molecular complexity index is 1620. The summed E-state index contributed by atoms with van der Waals surface area (Å²) in [5.41, 5.74) is 7.57. The van der Waals surface area contributed by atoms with Gasteiger partial charge in [0.1, 0.15) is 11.3 Å². The number of hydrogen-bond acceptors (Lipinski definition) is 7. The molecule has 5 rings (SSSR count). The second-order valence-corrected chi connectivity index (χ2v) is 9.67. The van der Waals surface area contributed by atoms with Crippen LogP contribution in [0, 0.1) is 11.6 Å². The molecule has 0 unspecified atom stereocenters. The molecule has 2 amide bonds. The molecular weight excluding hydrogens is 522 g/mol. The molecule has 11 nitrogen and oxygen atoms in total. The molecule has 4 aromatic rings. The summed E-state index contributed by atoms with van der Waals surface area (Å²) in [6.07, 6.45) is 3.32. The van der Waals surface area contributed by atoms with Gasteiger partial charge in [-0.25, -0.2) is 13.8 Å². The van der Waals surface area contributed by atoms with E-state index in [1.165, 1.54) is 6.07 Å². The number of rotatable bonds is 8. The van der Waals surface area contributed by atoms with Crippen LogP contribution in [-0.4, -0.2) is 61.0 Å². The van der Waals surface area contributed by atoms with E-state index < -0.39 is 23.1 Å². The van der Waals surface area contributed by atoms with Gasteiger partial charge in [0.25, 0.3) is 5.91 Å². The van der Waals surface area contributed by atoms with E-state index >= 15 is 0 Å². The normalized spacial score (nSPS) is 12.9. The van der Waals surface area contributed by atoms with Crippen LogP contribution in [0.3, 0.4) is 0 Å². The van der Waals surface area contributed by atoms with Crippen LogP contribution >= 0.6 is 0 Å². The first kappa shape index (κ1) is 26.8. The molecule has 1 aliphatic heterocycles. The second-order valence-electron chi connectivity index (χ2n) is 9.67. The number of nitrogens with one attached hydrogen (secondary N) is 4. The number of ether oxygens (including phenoxy) is 1. The van der Waals surface area contributed by atoms with Gasteiger partial charge in [-0.05, 0) is 56.8 Å². The number of halogens is 2. The van der Waals surface area contributed by atoms with Gasteiger partial charge in [0.2, 0.25) is 17.4 Å². The lowest BCUT2D eigenvalue weighted by Crippen LogP contribution is -2.40. The third-order valence-electron chi connectivity index (χ3n) is 6.59. The van der Waals surface area contributed by atoms with E-state index in [0.717, 1.165) is 30.2 Å². The maximum Gasteiger partial charge on any atom is 0.351 e. The highest BCUT2D eigenvalue weighted by molar-refractivity contribution is 6.01. The molecule has 0 atom stereocenters. The summed E-state index contributed by atoms with van der Waals surface area (Å²) in [7, 11) is 5.25. The molecule has 3 heterocycles. The fraction of sp³-hybridized carbons (Fsp3) is 0.259. The molecule has 0 fully saturated rings. The highest BCUT2D eigenvalue weighted by Crippen LogP contribution is 2.38. The standard InChI is InChI=1S/C27H28F2N8O3/c1-36(2)13-21(38)37-10-4-5-14-11-20(40-3)18(12-19(14)37)33-27-34-25-15(8-9-31-25)26(35-27)32-17-7-6-16(28)23(29)22(17)24(30)39/h6-9,11-12H,4-5,10,13H2,1-3H3,(H2,30,39)(H3,31,32,33,34,35)/p+1. The van der Waals surface area contributed by atoms with Crippen LogP contribution < -0.4 is 31.0 Å². The average molecular weight is 552 g/mol. The first-order valence-electron chi connectivity index (χ1n) is 12.5. The van der Waals surface area contributed by atoms with Gasteiger partial charge < -0.3 is 25.6 Å². The maximum absolute atomic E-state index is 14.4. The van der Waals surface area contributed by atoms with Crippen LogP contribution in [-0.2, 0) is 11.2 Å². The Labute approximate surface area is 228 Å². The van der Waals surface area contributed by atoms with Crippen molar-refractivity contribution in [1.82, 2.24) is 14.9 Å². The Balaban J connectivity index is 1.54. The van der Waals surface area contributed by atoms with Crippen molar-refractivity contribution in [3.8, 4) is 5.75 Å². The maximum atomic E-state index is 14.4. The van der Waals surface area contributed by atoms with E-state index in [4.69, 9.17) is 10.5 Å². The molecular formula is C27H29F2N8O3+. The molecule has 0 aliphatic carbocycles. The molecule has 0 radical (unpaired) electrons. The number of primary amides is 1. The van der Waals surface area contributed by atoms with Crippen molar-refractivity contribution in [3.63, 3.8) is 0 Å². The summed E-state index contributed by atoms with van der Waals surface area (Å²) in [4.78, 5) is 39.3. The first-order valence-corrected chi connectivity index (χ1v) is 12.5. The lowest BCUT2D eigenvalue weighted by Gasteiger charge is -2.31. The number of likely N-dealkylation sites (N-methyl/N-ethyl adjacent to an activating group) is 1. The molecule has 0 spiro atoms. The van der Waals surface area contributed by atoms with E-state index in [2.05, 4.69) is 25.6 Å². The Morgan fingerprint density at radius 3 is 2.73 bits per heavy atom. The van der Waals surface area contributed by atoms with E-state index in [1.54, 1.807) is 24.3 Å². The molecule has 40 heavy (non-hydrogen) atoms. The Kier molecular flexibility index (Phi) is 7.22. The number of H-pyrrole nitrogens is 2. The minimum Gasteiger partial charge on any atom is -0.493 e. The number of carbonyl (C=O) groups excluding carboxylic acids is 2. The van der Waals surface area contributed by atoms with Gasteiger partial charge in [-0.2, -0.15) is 0 Å². The predicted octanol–water partition coefficient (Wildman–Crippen LogP) is 3.09. The van der Waals surface area contributed by atoms with Crippen molar-refractivity contribution in [1.29, 1.82) is 0 Å². The predicted molar refractivity (Wildman–Crippen MR) is 146 cm³/mol. The van der Waals surface area contributed by atoms with E-state index in [0.29, 0.717) is 29.0 Å². The SMILES string of the molecule is COc1cc2c(cc1Nc1nc(Nc3ccc(F)c(F)c3C(N)=O)c3cc[nH]c3[nH+]1)N(C(=O)CN(C)C)CCC2. The Hall–Kier alpha value is -4.78. The summed E-state index contributed by atoms with van der Waals surface area (Å²) in [6.45, 7) is 0.883. The van der Waals surface area contributed by atoms with Gasteiger partial charge in [-0.1, -0.05) is 4.98 Å². The number of methoxy groups -OCH3 is 1. The molecule has 1 aliphatic rings. The number of nitrogens with two attached hydrogens (primary N) is 1. The van der Waals surface area contributed by atoms with E-state index in [1.807, 2.05) is 31.1 Å². The minimum absolute atomic E-state index is 0.0113. The van der Waals surface area contributed by atoms with Crippen LogP contribution in [0.5, 0.6) is 5.75 Å². The molecule has 0 saturated heterocycles. The Morgan fingerprint density at radius 2 is 2.00 bits per heavy atom. The van der Waals surface area contributed by atoms with Gasteiger partial charge in [-0.3, -0.25) is 19.9 Å². The zero-order valence-electron chi connectivity index (χ0n) is 22.2. The first-order chi connectivity index (χ1) is 19.2. The number of fused-ring (bicyclic) bond motifs is 2. The number of aromatic amines is 2. The molecule has 0 saturated carbocycles. The number of amides is 2.